The van der Waals surface area contributed by atoms with Gasteiger partial charge >= 0.3 is 0 Å². The Kier molecular flexibility index (Phi) is 5.35. The Morgan fingerprint density at radius 3 is 2.59 bits per heavy atom. The average molecular weight is 474 g/mol. The number of morpholine rings is 1. The summed E-state index contributed by atoms with van der Waals surface area (Å²) in [6.45, 7) is 3.21. The van der Waals surface area contributed by atoms with Gasteiger partial charge in [-0.1, -0.05) is 59.9 Å². The van der Waals surface area contributed by atoms with Gasteiger partial charge in [-0.3, -0.25) is 9.59 Å². The van der Waals surface area contributed by atoms with Crippen LogP contribution >= 0.6 is 11.3 Å². The predicted molar refractivity (Wildman–Crippen MR) is 133 cm³/mol. The van der Waals surface area contributed by atoms with Crippen LogP contribution in [-0.4, -0.2) is 53.5 Å². The number of para-hydroxylation sites is 1. The highest BCUT2D eigenvalue weighted by molar-refractivity contribution is 7.22. The lowest BCUT2D eigenvalue weighted by Gasteiger charge is -2.25. The molecule has 1 saturated heterocycles. The second-order valence-electron chi connectivity index (χ2n) is 8.38. The van der Waals surface area contributed by atoms with Crippen LogP contribution in [0.25, 0.3) is 21.5 Å². The number of carbonyl (C=O) groups excluding carboxylic acids is 1. The van der Waals surface area contributed by atoms with E-state index in [1.54, 1.807) is 4.90 Å². The van der Waals surface area contributed by atoms with Crippen molar-refractivity contribution >= 4 is 38.3 Å². The number of ether oxygens (including phenoxy) is 1. The second-order valence-corrected chi connectivity index (χ2v) is 9.35. The predicted octanol–water partition coefficient (Wildman–Crippen LogP) is 2.95. The molecule has 4 aromatic rings. The highest BCUT2D eigenvalue weighted by Crippen LogP contribution is 2.34. The van der Waals surface area contributed by atoms with E-state index in [4.69, 9.17) is 9.72 Å². The Morgan fingerprint density at radius 2 is 1.76 bits per heavy atom. The quantitative estimate of drug-likeness (QED) is 0.453. The Labute approximate surface area is 200 Å². The van der Waals surface area contributed by atoms with Crippen LogP contribution in [0.5, 0.6) is 0 Å². The number of rotatable bonds is 4. The minimum Gasteiger partial charge on any atom is -0.378 e. The van der Waals surface area contributed by atoms with Crippen LogP contribution in [0.15, 0.2) is 59.4 Å². The maximum Gasteiger partial charge on any atom is 0.294 e. The molecule has 0 unspecified atom stereocenters. The number of carbonyl (C=O) groups is 1. The monoisotopic (exact) mass is 473 g/mol. The van der Waals surface area contributed by atoms with Crippen LogP contribution in [-0.2, 0) is 22.5 Å². The minimum atomic E-state index is -0.341. The lowest BCUT2D eigenvalue weighted by molar-refractivity contribution is -0.119. The summed E-state index contributed by atoms with van der Waals surface area (Å²) < 4.78 is 7.48. The smallest absolute Gasteiger partial charge is 0.294 e. The van der Waals surface area contributed by atoms with E-state index in [1.165, 1.54) is 16.0 Å². The molecule has 8 nitrogen and oxygen atoms in total. The molecule has 2 aliphatic rings. The summed E-state index contributed by atoms with van der Waals surface area (Å²) >= 11 is 1.47. The molecule has 172 valence electrons. The Morgan fingerprint density at radius 1 is 1.00 bits per heavy atom. The molecule has 34 heavy (non-hydrogen) atoms. The van der Waals surface area contributed by atoms with Gasteiger partial charge in [0.15, 0.2) is 10.6 Å². The van der Waals surface area contributed by atoms with Gasteiger partial charge < -0.3 is 14.5 Å². The molecule has 1 amide bonds. The molecule has 2 aliphatic heterocycles. The largest absolute Gasteiger partial charge is 0.378 e. The molecule has 9 heteroatoms. The van der Waals surface area contributed by atoms with Crippen LogP contribution in [0.1, 0.15) is 5.56 Å². The van der Waals surface area contributed by atoms with E-state index in [1.807, 2.05) is 54.6 Å². The summed E-state index contributed by atoms with van der Waals surface area (Å²) in [7, 11) is 0. The molecule has 2 aromatic carbocycles. The van der Waals surface area contributed by atoms with Crippen molar-refractivity contribution in [2.45, 2.75) is 13.0 Å². The van der Waals surface area contributed by atoms with Crippen molar-refractivity contribution in [1.29, 1.82) is 0 Å². The molecule has 4 heterocycles. The number of anilines is 2. The number of hydrogen-bond acceptors (Lipinski definition) is 7. The van der Waals surface area contributed by atoms with Crippen molar-refractivity contribution in [3.8, 4) is 11.3 Å². The van der Waals surface area contributed by atoms with E-state index >= 15 is 0 Å². The third-order valence-corrected chi connectivity index (χ3v) is 7.41. The van der Waals surface area contributed by atoms with Gasteiger partial charge in [-0.15, -0.1) is 0 Å². The van der Waals surface area contributed by atoms with Gasteiger partial charge in [0.1, 0.15) is 12.2 Å². The maximum atomic E-state index is 13.4. The standard InChI is InChI=1S/C25H23N5O3S/c31-20(29-11-10-17-6-4-5-9-19(17)29)16-30-24(32)22-23(21(27-30)18-7-2-1-3-8-18)34-25(26-22)28-12-14-33-15-13-28/h1-9H,10-16H2. The number of thiazole rings is 1. The Hall–Kier alpha value is -3.56. The fourth-order valence-electron chi connectivity index (χ4n) is 4.54. The van der Waals surface area contributed by atoms with Crippen molar-refractivity contribution in [2.75, 3.05) is 42.6 Å². The number of benzene rings is 2. The summed E-state index contributed by atoms with van der Waals surface area (Å²) in [5.41, 5.74) is 3.62. The zero-order valence-corrected chi connectivity index (χ0v) is 19.3. The number of nitrogens with zero attached hydrogens (tertiary/aromatic N) is 5. The van der Waals surface area contributed by atoms with E-state index in [0.717, 1.165) is 46.2 Å². The second kappa shape index (κ2) is 8.66. The maximum absolute atomic E-state index is 13.4. The lowest BCUT2D eigenvalue weighted by atomic mass is 10.1. The van der Waals surface area contributed by atoms with Gasteiger partial charge in [0.2, 0.25) is 5.91 Å². The van der Waals surface area contributed by atoms with Crippen molar-refractivity contribution in [3.05, 3.63) is 70.5 Å². The van der Waals surface area contributed by atoms with Gasteiger partial charge in [-0.25, -0.2) is 9.67 Å². The zero-order chi connectivity index (χ0) is 23.1. The molecule has 6 rings (SSSR count). The number of hydrogen-bond donors (Lipinski definition) is 0. The molecule has 0 atom stereocenters. The lowest BCUT2D eigenvalue weighted by Crippen LogP contribution is -2.37. The molecule has 0 spiro atoms. The third kappa shape index (κ3) is 3.66. The van der Waals surface area contributed by atoms with Gasteiger partial charge in [-0.05, 0) is 18.1 Å². The molecule has 0 saturated carbocycles. The summed E-state index contributed by atoms with van der Waals surface area (Å²) in [4.78, 5) is 35.3. The average Bonchev–Trinajstić information content (AvgIpc) is 3.52. The zero-order valence-electron chi connectivity index (χ0n) is 18.5. The molecule has 0 radical (unpaired) electrons. The van der Waals surface area contributed by atoms with E-state index in [9.17, 15) is 9.59 Å². The normalized spacial score (nSPS) is 15.6. The van der Waals surface area contributed by atoms with E-state index in [-0.39, 0.29) is 18.0 Å². The van der Waals surface area contributed by atoms with Crippen LogP contribution in [0.4, 0.5) is 10.8 Å². The molecular formula is C25H23N5O3S. The van der Waals surface area contributed by atoms with E-state index < -0.39 is 0 Å². The molecule has 1 fully saturated rings. The summed E-state index contributed by atoms with van der Waals surface area (Å²) in [6, 6.07) is 17.6. The Bertz CT molecular complexity index is 1430. The van der Waals surface area contributed by atoms with Crippen LogP contribution in [0.3, 0.4) is 0 Å². The number of fused-ring (bicyclic) bond motifs is 2. The van der Waals surface area contributed by atoms with Crippen molar-refractivity contribution < 1.29 is 9.53 Å². The third-order valence-electron chi connectivity index (χ3n) is 6.29. The Balaban J connectivity index is 1.42. The highest BCUT2D eigenvalue weighted by Gasteiger charge is 2.26. The fraction of sp³-hybridized carbons (Fsp3) is 0.280. The first-order chi connectivity index (χ1) is 16.7. The molecule has 0 aliphatic carbocycles. The molecule has 2 aromatic heterocycles. The van der Waals surface area contributed by atoms with Crippen molar-refractivity contribution in [3.63, 3.8) is 0 Å². The van der Waals surface area contributed by atoms with Crippen LogP contribution in [0, 0.1) is 0 Å². The number of aromatic nitrogens is 3. The summed E-state index contributed by atoms with van der Waals surface area (Å²) in [5.74, 6) is -0.151. The van der Waals surface area contributed by atoms with Crippen LogP contribution in [0.2, 0.25) is 0 Å². The number of amides is 1. The van der Waals surface area contributed by atoms with Crippen molar-refractivity contribution in [2.24, 2.45) is 0 Å². The minimum absolute atomic E-state index is 0.132. The molecular weight excluding hydrogens is 450 g/mol. The summed E-state index contributed by atoms with van der Waals surface area (Å²) in [6.07, 6.45) is 0.813. The van der Waals surface area contributed by atoms with Gasteiger partial charge in [-0.2, -0.15) is 5.10 Å². The van der Waals surface area contributed by atoms with Gasteiger partial charge in [0.05, 0.1) is 17.9 Å². The SMILES string of the molecule is O=C(Cn1nc(-c2ccccc2)c2sc(N3CCOCC3)nc2c1=O)N1CCc2ccccc21. The first-order valence-electron chi connectivity index (χ1n) is 11.4. The van der Waals surface area contributed by atoms with Crippen LogP contribution < -0.4 is 15.4 Å². The summed E-state index contributed by atoms with van der Waals surface area (Å²) in [5, 5.41) is 5.46. The van der Waals surface area contributed by atoms with Gasteiger partial charge in [0.25, 0.3) is 5.56 Å². The van der Waals surface area contributed by atoms with Crippen molar-refractivity contribution in [1.82, 2.24) is 14.8 Å². The van der Waals surface area contributed by atoms with E-state index in [2.05, 4.69) is 10.00 Å². The molecule has 0 bridgehead atoms. The highest BCUT2D eigenvalue weighted by atomic mass is 32.1. The first kappa shape index (κ1) is 21.0. The topological polar surface area (TPSA) is 80.6 Å². The first-order valence-corrected chi connectivity index (χ1v) is 12.2. The van der Waals surface area contributed by atoms with E-state index in [0.29, 0.717) is 31.0 Å². The van der Waals surface area contributed by atoms with Gasteiger partial charge in [0, 0.05) is 30.9 Å². The molecule has 0 N–H and O–H groups in total. The fourth-order valence-corrected chi connectivity index (χ4v) is 5.66.